The second kappa shape index (κ2) is 8.01. The van der Waals surface area contributed by atoms with Gasteiger partial charge in [0.05, 0.1) is 4.90 Å². The molecule has 0 heterocycles. The topological polar surface area (TPSA) is 66.5 Å². The number of carbonyl (C=O) groups excluding carboxylic acids is 1. The van der Waals surface area contributed by atoms with Crippen molar-refractivity contribution in [1.29, 1.82) is 0 Å². The average molecular weight is 375 g/mol. The molecular weight excluding hydrogens is 348 g/mol. The predicted molar refractivity (Wildman–Crippen MR) is 105 cm³/mol. The van der Waals surface area contributed by atoms with Gasteiger partial charge >= 0.3 is 0 Å². The first kappa shape index (κ1) is 20.1. The smallest absolute Gasteiger partial charge is 0.240 e. The third-order valence-electron chi connectivity index (χ3n) is 4.66. The Balaban J connectivity index is 2.13. The second-order valence-corrected chi connectivity index (χ2v) is 8.30. The van der Waals surface area contributed by atoms with Crippen molar-refractivity contribution in [2.75, 3.05) is 18.0 Å². The summed E-state index contributed by atoms with van der Waals surface area (Å²) in [6, 6.07) is 10.8. The standard InChI is InChI=1S/C20H26N2O3S/c1-14-9-10-19(13-16(14)3)26(24,25)21-11-12-22(18(5)23)20-8-6-7-15(2)17(20)4/h6-10,13,21H,11-12H2,1-5H3. The number of carbonyl (C=O) groups is 1. The lowest BCUT2D eigenvalue weighted by molar-refractivity contribution is -0.116. The minimum atomic E-state index is -3.61. The molecule has 2 rings (SSSR count). The molecule has 1 amide bonds. The molecule has 2 aromatic carbocycles. The van der Waals surface area contributed by atoms with Gasteiger partial charge in [0.1, 0.15) is 0 Å². The molecule has 0 aliphatic carbocycles. The molecule has 6 heteroatoms. The number of anilines is 1. The minimum Gasteiger partial charge on any atom is -0.311 e. The van der Waals surface area contributed by atoms with Crippen LogP contribution in [0.1, 0.15) is 29.2 Å². The van der Waals surface area contributed by atoms with Gasteiger partial charge in [-0.15, -0.1) is 0 Å². The van der Waals surface area contributed by atoms with Crippen LogP contribution >= 0.6 is 0 Å². The van der Waals surface area contributed by atoms with E-state index >= 15 is 0 Å². The van der Waals surface area contributed by atoms with Crippen LogP contribution in [0.2, 0.25) is 0 Å². The molecule has 1 N–H and O–H groups in total. The van der Waals surface area contributed by atoms with E-state index in [0.29, 0.717) is 0 Å². The first-order valence-corrected chi connectivity index (χ1v) is 10.0. The highest BCUT2D eigenvalue weighted by molar-refractivity contribution is 7.89. The van der Waals surface area contributed by atoms with Gasteiger partial charge in [-0.25, -0.2) is 13.1 Å². The molecule has 0 unspecified atom stereocenters. The van der Waals surface area contributed by atoms with E-state index < -0.39 is 10.0 Å². The summed E-state index contributed by atoms with van der Waals surface area (Å²) in [7, 11) is -3.61. The Kier molecular flexibility index (Phi) is 6.21. The summed E-state index contributed by atoms with van der Waals surface area (Å²) in [5.74, 6) is -0.121. The van der Waals surface area contributed by atoms with Gasteiger partial charge in [0.15, 0.2) is 0 Å². The first-order chi connectivity index (χ1) is 12.1. The highest BCUT2D eigenvalue weighted by atomic mass is 32.2. The Bertz CT molecular complexity index is 921. The molecule has 0 fully saturated rings. The fraction of sp³-hybridized carbons (Fsp3) is 0.350. The van der Waals surface area contributed by atoms with Crippen molar-refractivity contribution >= 4 is 21.6 Å². The summed E-state index contributed by atoms with van der Waals surface area (Å²) in [4.78, 5) is 13.9. The van der Waals surface area contributed by atoms with E-state index in [1.165, 1.54) is 6.92 Å². The molecule has 0 radical (unpaired) electrons. The summed E-state index contributed by atoms with van der Waals surface area (Å²) >= 11 is 0. The van der Waals surface area contributed by atoms with Crippen LogP contribution in [0.3, 0.4) is 0 Å². The molecule has 2 aromatic rings. The van der Waals surface area contributed by atoms with Crippen molar-refractivity contribution in [2.24, 2.45) is 0 Å². The van der Waals surface area contributed by atoms with Crippen molar-refractivity contribution in [2.45, 2.75) is 39.5 Å². The van der Waals surface area contributed by atoms with Gasteiger partial charge in [-0.2, -0.15) is 0 Å². The molecule has 0 aromatic heterocycles. The minimum absolute atomic E-state index is 0.121. The van der Waals surface area contributed by atoms with Crippen molar-refractivity contribution in [3.8, 4) is 0 Å². The summed E-state index contributed by atoms with van der Waals surface area (Å²) in [5.41, 5.74) is 4.88. The zero-order chi connectivity index (χ0) is 19.5. The number of aryl methyl sites for hydroxylation is 3. The lowest BCUT2D eigenvalue weighted by Crippen LogP contribution is -2.38. The van der Waals surface area contributed by atoms with Crippen LogP contribution in [0.4, 0.5) is 5.69 Å². The van der Waals surface area contributed by atoms with Crippen LogP contribution in [0.5, 0.6) is 0 Å². The Morgan fingerprint density at radius 3 is 2.31 bits per heavy atom. The number of nitrogens with one attached hydrogen (secondary N) is 1. The maximum Gasteiger partial charge on any atom is 0.240 e. The number of sulfonamides is 1. The van der Waals surface area contributed by atoms with E-state index in [4.69, 9.17) is 0 Å². The van der Waals surface area contributed by atoms with E-state index in [-0.39, 0.29) is 23.9 Å². The molecule has 0 spiro atoms. The van der Waals surface area contributed by atoms with E-state index in [1.807, 2.05) is 45.9 Å². The summed E-state index contributed by atoms with van der Waals surface area (Å²) in [6.45, 7) is 9.66. The molecule has 0 bridgehead atoms. The van der Waals surface area contributed by atoms with Gasteiger partial charge in [-0.1, -0.05) is 18.2 Å². The lowest BCUT2D eigenvalue weighted by atomic mass is 10.1. The van der Waals surface area contributed by atoms with E-state index in [0.717, 1.165) is 27.9 Å². The number of amides is 1. The maximum absolute atomic E-state index is 12.5. The largest absolute Gasteiger partial charge is 0.311 e. The zero-order valence-corrected chi connectivity index (χ0v) is 16.8. The Morgan fingerprint density at radius 1 is 1.00 bits per heavy atom. The number of benzene rings is 2. The van der Waals surface area contributed by atoms with Crippen molar-refractivity contribution in [3.05, 3.63) is 58.7 Å². The van der Waals surface area contributed by atoms with E-state index in [2.05, 4.69) is 4.72 Å². The number of nitrogens with zero attached hydrogens (tertiary/aromatic N) is 1. The Morgan fingerprint density at radius 2 is 1.69 bits per heavy atom. The van der Waals surface area contributed by atoms with Crippen molar-refractivity contribution in [1.82, 2.24) is 4.72 Å². The number of rotatable bonds is 6. The van der Waals surface area contributed by atoms with Crippen LogP contribution in [0, 0.1) is 27.7 Å². The van der Waals surface area contributed by atoms with Gasteiger partial charge in [0.2, 0.25) is 15.9 Å². The maximum atomic E-state index is 12.5. The second-order valence-electron chi connectivity index (χ2n) is 6.53. The molecule has 26 heavy (non-hydrogen) atoms. The summed E-state index contributed by atoms with van der Waals surface area (Å²) < 4.78 is 27.6. The molecular formula is C20H26N2O3S. The van der Waals surface area contributed by atoms with Crippen molar-refractivity contribution < 1.29 is 13.2 Å². The van der Waals surface area contributed by atoms with Crippen LogP contribution in [0.25, 0.3) is 0 Å². The van der Waals surface area contributed by atoms with Crippen LogP contribution in [-0.2, 0) is 14.8 Å². The SMILES string of the molecule is CC(=O)N(CCNS(=O)(=O)c1ccc(C)c(C)c1)c1cccc(C)c1C. The van der Waals surface area contributed by atoms with Gasteiger partial charge in [0, 0.05) is 25.7 Å². The molecule has 0 saturated carbocycles. The number of hydrogen-bond donors (Lipinski definition) is 1. The van der Waals surface area contributed by atoms with Gasteiger partial charge in [-0.3, -0.25) is 4.79 Å². The van der Waals surface area contributed by atoms with E-state index in [1.54, 1.807) is 23.1 Å². The highest BCUT2D eigenvalue weighted by Gasteiger charge is 2.18. The van der Waals surface area contributed by atoms with Crippen LogP contribution < -0.4 is 9.62 Å². The van der Waals surface area contributed by atoms with E-state index in [9.17, 15) is 13.2 Å². The normalized spacial score (nSPS) is 11.4. The molecule has 5 nitrogen and oxygen atoms in total. The van der Waals surface area contributed by atoms with Crippen LogP contribution in [0.15, 0.2) is 41.3 Å². The molecule has 140 valence electrons. The molecule has 0 saturated heterocycles. The average Bonchev–Trinajstić information content (AvgIpc) is 2.57. The van der Waals surface area contributed by atoms with Gasteiger partial charge in [0.25, 0.3) is 0 Å². The van der Waals surface area contributed by atoms with Crippen LogP contribution in [-0.4, -0.2) is 27.4 Å². The zero-order valence-electron chi connectivity index (χ0n) is 16.0. The quantitative estimate of drug-likeness (QED) is 0.844. The fourth-order valence-electron chi connectivity index (χ4n) is 2.73. The highest BCUT2D eigenvalue weighted by Crippen LogP contribution is 2.22. The van der Waals surface area contributed by atoms with Gasteiger partial charge < -0.3 is 4.90 Å². The summed E-state index contributed by atoms with van der Waals surface area (Å²) in [6.07, 6.45) is 0. The summed E-state index contributed by atoms with van der Waals surface area (Å²) in [5, 5.41) is 0. The number of hydrogen-bond acceptors (Lipinski definition) is 3. The fourth-order valence-corrected chi connectivity index (χ4v) is 3.84. The predicted octanol–water partition coefficient (Wildman–Crippen LogP) is 3.25. The monoisotopic (exact) mass is 374 g/mol. The Hall–Kier alpha value is -2.18. The third-order valence-corrected chi connectivity index (χ3v) is 6.12. The Labute approximate surface area is 156 Å². The molecule has 0 aliphatic heterocycles. The molecule has 0 atom stereocenters. The lowest BCUT2D eigenvalue weighted by Gasteiger charge is -2.24. The first-order valence-electron chi connectivity index (χ1n) is 8.54. The molecule has 0 aliphatic rings. The third kappa shape index (κ3) is 4.51. The van der Waals surface area contributed by atoms with Crippen molar-refractivity contribution in [3.63, 3.8) is 0 Å². The van der Waals surface area contributed by atoms with Gasteiger partial charge in [-0.05, 0) is 68.1 Å².